The number of hydrogen-bond donors (Lipinski definition) is 3. The molecule has 2 aromatic carbocycles. The lowest BCUT2D eigenvalue weighted by Gasteiger charge is -2.34. The second-order valence-electron chi connectivity index (χ2n) is 12.5. The van der Waals surface area contributed by atoms with E-state index in [1.165, 1.54) is 36.4 Å². The minimum Gasteiger partial charge on any atom is -0.474 e. The molecule has 4 aromatic rings. The van der Waals surface area contributed by atoms with Crippen LogP contribution in [0.25, 0.3) is 0 Å². The predicted octanol–water partition coefficient (Wildman–Crippen LogP) is 8.06. The number of benzene rings is 2. The van der Waals surface area contributed by atoms with Crippen molar-refractivity contribution in [1.29, 1.82) is 0 Å². The fraction of sp³-hybridized carbons (Fsp3) is 0.351. The lowest BCUT2D eigenvalue weighted by atomic mass is 10.0. The number of carbonyl (C=O) groups is 2. The van der Waals surface area contributed by atoms with Crippen LogP contribution in [0.3, 0.4) is 0 Å². The summed E-state index contributed by atoms with van der Waals surface area (Å²) < 4.78 is 39.6. The first-order chi connectivity index (χ1) is 24.5. The van der Waals surface area contributed by atoms with Crippen molar-refractivity contribution < 1.29 is 27.8 Å². The summed E-state index contributed by atoms with van der Waals surface area (Å²) in [6.45, 7) is 6.14. The van der Waals surface area contributed by atoms with Crippen LogP contribution in [0.4, 0.5) is 20.4 Å². The zero-order valence-corrected chi connectivity index (χ0v) is 31.2. The van der Waals surface area contributed by atoms with Gasteiger partial charge < -0.3 is 30.3 Å². The van der Waals surface area contributed by atoms with E-state index >= 15 is 0 Å². The molecule has 2 amide bonds. The molecule has 10 nitrogen and oxygen atoms in total. The number of anilines is 2. The van der Waals surface area contributed by atoms with E-state index in [0.29, 0.717) is 23.8 Å². The third kappa shape index (κ3) is 11.2. The van der Waals surface area contributed by atoms with Crippen molar-refractivity contribution in [2.75, 3.05) is 30.8 Å². The number of rotatable bonds is 8. The van der Waals surface area contributed by atoms with Gasteiger partial charge in [-0.2, -0.15) is 9.97 Å². The molecule has 3 N–H and O–H groups in total. The Labute approximate surface area is 318 Å². The third-order valence-electron chi connectivity index (χ3n) is 8.62. The molecule has 0 saturated carbocycles. The highest BCUT2D eigenvalue weighted by Gasteiger charge is 2.25. The average Bonchev–Trinajstić information content (AvgIpc) is 3.07. The molecule has 4 atom stereocenters. The maximum absolute atomic E-state index is 13.9. The minimum atomic E-state index is -0.680. The van der Waals surface area contributed by atoms with Crippen LogP contribution in [0.2, 0.25) is 10.0 Å². The highest BCUT2D eigenvalue weighted by Crippen LogP contribution is 2.25. The Morgan fingerprint density at radius 2 is 1.25 bits per heavy atom. The summed E-state index contributed by atoms with van der Waals surface area (Å²) in [4.78, 5) is 35.5. The Hall–Kier alpha value is -4.07. The van der Waals surface area contributed by atoms with Crippen LogP contribution in [0.1, 0.15) is 60.2 Å². The van der Waals surface area contributed by atoms with Crippen molar-refractivity contribution in [3.63, 3.8) is 0 Å². The molecule has 0 aliphatic carbocycles. The zero-order chi connectivity index (χ0) is 36.5. The monoisotopic (exact) mass is 776 g/mol. The van der Waals surface area contributed by atoms with Crippen molar-refractivity contribution in [3.8, 4) is 11.8 Å². The SMILES string of the molecule is C[C@@H]1C[C@H](Oc2cccc(NC(=O)c3c(F)cccc3Cl)n2)CCN1.C[C@@H]1C[C@H](Oc2cccc(NC(=O)c3c(F)cccc3Cl)n2)CCN1C.Cl. The Morgan fingerprint density at radius 3 is 1.71 bits per heavy atom. The molecular formula is C37H41Cl3F2N6O4. The van der Waals surface area contributed by atoms with Gasteiger partial charge in [0.2, 0.25) is 11.8 Å². The highest BCUT2D eigenvalue weighted by atomic mass is 35.5. The van der Waals surface area contributed by atoms with Gasteiger partial charge in [0.05, 0.1) is 21.2 Å². The summed E-state index contributed by atoms with van der Waals surface area (Å²) in [6.07, 6.45) is 3.79. The number of amides is 2. The largest absolute Gasteiger partial charge is 0.474 e. The van der Waals surface area contributed by atoms with Crippen LogP contribution in [0.5, 0.6) is 11.8 Å². The molecule has 0 spiro atoms. The van der Waals surface area contributed by atoms with Gasteiger partial charge in [0.15, 0.2) is 0 Å². The van der Waals surface area contributed by atoms with Crippen LogP contribution in [0, 0.1) is 11.6 Å². The van der Waals surface area contributed by atoms with E-state index in [-0.39, 0.29) is 57.4 Å². The number of halogens is 5. The van der Waals surface area contributed by atoms with E-state index in [9.17, 15) is 18.4 Å². The van der Waals surface area contributed by atoms with Gasteiger partial charge in [-0.1, -0.05) is 47.5 Å². The molecule has 278 valence electrons. The van der Waals surface area contributed by atoms with Crippen LogP contribution in [-0.2, 0) is 0 Å². The summed E-state index contributed by atoms with van der Waals surface area (Å²) >= 11 is 11.8. The third-order valence-corrected chi connectivity index (χ3v) is 9.25. The molecule has 0 unspecified atom stereocenters. The van der Waals surface area contributed by atoms with Crippen molar-refractivity contribution >= 4 is 59.1 Å². The van der Waals surface area contributed by atoms with E-state index in [4.69, 9.17) is 32.7 Å². The smallest absolute Gasteiger partial charge is 0.261 e. The van der Waals surface area contributed by atoms with E-state index in [0.717, 1.165) is 38.8 Å². The molecule has 2 aliphatic rings. The number of aromatic nitrogens is 2. The van der Waals surface area contributed by atoms with Gasteiger partial charge >= 0.3 is 0 Å². The van der Waals surface area contributed by atoms with E-state index in [1.807, 2.05) is 0 Å². The summed E-state index contributed by atoms with van der Waals surface area (Å²) in [7, 11) is 2.10. The van der Waals surface area contributed by atoms with Gasteiger partial charge in [-0.05, 0) is 89.5 Å². The van der Waals surface area contributed by atoms with Crippen molar-refractivity contribution in [2.45, 2.75) is 63.8 Å². The quantitative estimate of drug-likeness (QED) is 0.165. The molecule has 4 heterocycles. The second kappa shape index (κ2) is 19.1. The van der Waals surface area contributed by atoms with Gasteiger partial charge in [-0.25, -0.2) is 8.78 Å². The average molecular weight is 778 g/mol. The first-order valence-corrected chi connectivity index (χ1v) is 17.4. The highest BCUT2D eigenvalue weighted by molar-refractivity contribution is 6.35. The number of piperidine rings is 2. The number of ether oxygens (including phenoxy) is 2. The topological polar surface area (TPSA) is 118 Å². The summed E-state index contributed by atoms with van der Waals surface area (Å²) in [5.74, 6) is -1.23. The van der Waals surface area contributed by atoms with Gasteiger partial charge in [0.1, 0.15) is 35.5 Å². The number of hydrogen-bond acceptors (Lipinski definition) is 8. The van der Waals surface area contributed by atoms with E-state index in [1.54, 1.807) is 36.4 Å². The lowest BCUT2D eigenvalue weighted by molar-refractivity contribution is 0.0760. The minimum absolute atomic E-state index is 0. The number of nitrogens with one attached hydrogen (secondary N) is 3. The molecule has 52 heavy (non-hydrogen) atoms. The molecule has 2 aromatic heterocycles. The predicted molar refractivity (Wildman–Crippen MR) is 201 cm³/mol. The Bertz CT molecular complexity index is 1800. The molecule has 0 bridgehead atoms. The van der Waals surface area contributed by atoms with E-state index in [2.05, 4.69) is 51.7 Å². The molecule has 2 fully saturated rings. The van der Waals surface area contributed by atoms with Crippen molar-refractivity contribution in [3.05, 3.63) is 106 Å². The summed E-state index contributed by atoms with van der Waals surface area (Å²) in [6, 6.07) is 19.2. The molecule has 6 rings (SSSR count). The summed E-state index contributed by atoms with van der Waals surface area (Å²) in [5, 5.41) is 8.59. The zero-order valence-electron chi connectivity index (χ0n) is 28.9. The molecule has 2 saturated heterocycles. The van der Waals surface area contributed by atoms with Crippen molar-refractivity contribution in [1.82, 2.24) is 20.2 Å². The first-order valence-electron chi connectivity index (χ1n) is 16.7. The normalized spacial score (nSPS) is 20.0. The Balaban J connectivity index is 0.000000228. The molecule has 2 aliphatic heterocycles. The lowest BCUT2D eigenvalue weighted by Crippen LogP contribution is -2.42. The van der Waals surface area contributed by atoms with Gasteiger partial charge in [0, 0.05) is 30.8 Å². The van der Waals surface area contributed by atoms with Gasteiger partial charge in [0.25, 0.3) is 11.8 Å². The maximum Gasteiger partial charge on any atom is 0.261 e. The van der Waals surface area contributed by atoms with E-state index < -0.39 is 23.4 Å². The standard InChI is InChI=1S/C19H21ClFN3O2.C18H19ClFN3O2.ClH/c1-12-11-13(9-10-24(12)2)26-17-8-4-7-16(22-17)23-19(25)18-14(20)5-3-6-15(18)21;1-11-10-12(8-9-21-11)25-16-7-3-6-15(22-16)23-18(24)17-13(19)4-2-5-14(17)20;/h3-8,12-13H,9-11H2,1-2H3,(H,22,23,25);2-7,11-12,21H,8-10H2,1H3,(H,22,23,24);1H/t12-,13-;11-,12-;/m11./s1. The van der Waals surface area contributed by atoms with Crippen molar-refractivity contribution in [2.24, 2.45) is 0 Å². The van der Waals surface area contributed by atoms with Gasteiger partial charge in [-0.3, -0.25) is 9.59 Å². The van der Waals surface area contributed by atoms with Crippen LogP contribution >= 0.6 is 35.6 Å². The fourth-order valence-corrected chi connectivity index (χ4v) is 6.27. The number of carbonyl (C=O) groups excluding carboxylic acids is 2. The fourth-order valence-electron chi connectivity index (χ4n) is 5.78. The second-order valence-corrected chi connectivity index (χ2v) is 13.4. The Kier molecular flexibility index (Phi) is 15.0. The molecule has 15 heteroatoms. The van der Waals surface area contributed by atoms with Gasteiger partial charge in [-0.15, -0.1) is 12.4 Å². The van der Waals surface area contributed by atoms with Crippen LogP contribution in [-0.4, -0.2) is 71.1 Å². The van der Waals surface area contributed by atoms with Crippen LogP contribution in [0.15, 0.2) is 72.8 Å². The van der Waals surface area contributed by atoms with Crippen LogP contribution < -0.4 is 25.4 Å². The number of pyridine rings is 2. The number of likely N-dealkylation sites (tertiary alicyclic amines) is 1. The first kappa shape index (κ1) is 40.7. The maximum atomic E-state index is 13.9. The Morgan fingerprint density at radius 1 is 0.769 bits per heavy atom. The number of nitrogens with zero attached hydrogens (tertiary/aromatic N) is 3. The molecular weight excluding hydrogens is 737 g/mol. The summed E-state index contributed by atoms with van der Waals surface area (Å²) in [5.41, 5.74) is -0.407. The molecule has 0 radical (unpaired) electrons.